The summed E-state index contributed by atoms with van der Waals surface area (Å²) in [6.45, 7) is 4.67. The number of para-hydroxylation sites is 2. The summed E-state index contributed by atoms with van der Waals surface area (Å²) in [5.41, 5.74) is 3.74. The Labute approximate surface area is 205 Å². The molecule has 0 atom stereocenters. The summed E-state index contributed by atoms with van der Waals surface area (Å²) in [4.78, 5) is 42.0. The number of carbonyl (C=O) groups excluding carboxylic acids is 3. The average Bonchev–Trinajstić information content (AvgIpc) is 2.86. The minimum atomic E-state index is -0.284. The number of hydrogen-bond acceptors (Lipinski definition) is 4. The molecule has 1 saturated heterocycles. The van der Waals surface area contributed by atoms with Crippen molar-refractivity contribution >= 4 is 29.1 Å². The van der Waals surface area contributed by atoms with Crippen molar-refractivity contribution in [2.75, 3.05) is 43.4 Å². The van der Waals surface area contributed by atoms with E-state index in [1.54, 1.807) is 24.3 Å². The number of amides is 3. The van der Waals surface area contributed by atoms with E-state index in [-0.39, 0.29) is 24.3 Å². The van der Waals surface area contributed by atoms with Gasteiger partial charge in [-0.25, -0.2) is 0 Å². The molecule has 35 heavy (non-hydrogen) atoms. The molecule has 0 aliphatic carbocycles. The summed E-state index contributed by atoms with van der Waals surface area (Å²) < 4.78 is 0. The lowest BCUT2D eigenvalue weighted by Crippen LogP contribution is -2.50. The number of carbonyl (C=O) groups is 3. The predicted octanol–water partition coefficient (Wildman–Crippen LogP) is 3.57. The fourth-order valence-electron chi connectivity index (χ4n) is 4.05. The van der Waals surface area contributed by atoms with E-state index in [9.17, 15) is 14.4 Å². The van der Waals surface area contributed by atoms with Crippen LogP contribution in [0.5, 0.6) is 0 Å². The maximum atomic E-state index is 12.7. The molecule has 7 heteroatoms. The molecule has 180 valence electrons. The van der Waals surface area contributed by atoms with E-state index in [0.717, 1.165) is 5.56 Å². The number of aryl methyl sites for hydroxylation is 1. The van der Waals surface area contributed by atoms with Gasteiger partial charge < -0.3 is 15.5 Å². The summed E-state index contributed by atoms with van der Waals surface area (Å²) in [5, 5.41) is 5.72. The molecule has 3 aromatic carbocycles. The van der Waals surface area contributed by atoms with Gasteiger partial charge in [0.2, 0.25) is 11.8 Å². The second-order valence-corrected chi connectivity index (χ2v) is 8.73. The van der Waals surface area contributed by atoms with E-state index in [1.165, 1.54) is 5.56 Å². The molecule has 0 bridgehead atoms. The Kier molecular flexibility index (Phi) is 7.90. The molecule has 2 N–H and O–H groups in total. The number of nitrogens with one attached hydrogen (secondary N) is 2. The average molecular weight is 471 g/mol. The van der Waals surface area contributed by atoms with Crippen LogP contribution in [0, 0.1) is 6.92 Å². The molecule has 3 amide bonds. The lowest BCUT2D eigenvalue weighted by atomic mass is 10.1. The molecule has 1 aliphatic rings. The normalized spacial score (nSPS) is 13.8. The van der Waals surface area contributed by atoms with Gasteiger partial charge in [0, 0.05) is 31.9 Å². The highest BCUT2D eigenvalue weighted by atomic mass is 16.2. The number of nitrogens with zero attached hydrogens (tertiary/aromatic N) is 2. The van der Waals surface area contributed by atoms with Crippen molar-refractivity contribution in [3.05, 3.63) is 95.6 Å². The first-order valence-corrected chi connectivity index (χ1v) is 11.8. The first-order chi connectivity index (χ1) is 17.0. The van der Waals surface area contributed by atoms with E-state index < -0.39 is 0 Å². The smallest absolute Gasteiger partial charge is 0.257 e. The van der Waals surface area contributed by atoms with E-state index in [0.29, 0.717) is 49.5 Å². The van der Waals surface area contributed by atoms with Gasteiger partial charge in [-0.1, -0.05) is 60.2 Å². The molecule has 0 spiro atoms. The van der Waals surface area contributed by atoms with Crippen molar-refractivity contribution in [1.29, 1.82) is 0 Å². The Hall–Kier alpha value is -3.97. The highest BCUT2D eigenvalue weighted by Gasteiger charge is 2.23. The Morgan fingerprint density at radius 1 is 0.771 bits per heavy atom. The monoisotopic (exact) mass is 470 g/mol. The number of anilines is 2. The maximum Gasteiger partial charge on any atom is 0.257 e. The van der Waals surface area contributed by atoms with Gasteiger partial charge in [-0.15, -0.1) is 0 Å². The molecule has 0 aromatic heterocycles. The van der Waals surface area contributed by atoms with Crippen LogP contribution >= 0.6 is 0 Å². The van der Waals surface area contributed by atoms with Gasteiger partial charge in [-0.2, -0.15) is 0 Å². The molecule has 0 radical (unpaired) electrons. The minimum absolute atomic E-state index is 0.108. The Morgan fingerprint density at radius 3 is 2.14 bits per heavy atom. The fourth-order valence-corrected chi connectivity index (χ4v) is 4.05. The minimum Gasteiger partial charge on any atom is -0.340 e. The fraction of sp³-hybridized carbons (Fsp3) is 0.250. The maximum absolute atomic E-state index is 12.7. The van der Waals surface area contributed by atoms with Crippen LogP contribution in [-0.4, -0.2) is 60.2 Å². The lowest BCUT2D eigenvalue weighted by molar-refractivity contribution is -0.132. The molecule has 3 aromatic rings. The number of hydrogen-bond donors (Lipinski definition) is 2. The van der Waals surface area contributed by atoms with Gasteiger partial charge in [0.05, 0.1) is 24.2 Å². The SMILES string of the molecule is Cc1ccc(CC(=O)N2CCN(CC(=O)Nc3ccccc3C(=O)Nc3ccccc3)CC2)cc1. The van der Waals surface area contributed by atoms with Crippen molar-refractivity contribution in [1.82, 2.24) is 9.80 Å². The van der Waals surface area contributed by atoms with Crippen LogP contribution in [0.25, 0.3) is 0 Å². The summed E-state index contributed by atoms with van der Waals surface area (Å²) in [7, 11) is 0. The molecule has 1 aliphatic heterocycles. The van der Waals surface area contributed by atoms with E-state index in [1.807, 2.05) is 71.3 Å². The van der Waals surface area contributed by atoms with Gasteiger partial charge in [0.25, 0.3) is 5.91 Å². The van der Waals surface area contributed by atoms with Crippen molar-refractivity contribution in [2.24, 2.45) is 0 Å². The van der Waals surface area contributed by atoms with Gasteiger partial charge >= 0.3 is 0 Å². The van der Waals surface area contributed by atoms with E-state index >= 15 is 0 Å². The van der Waals surface area contributed by atoms with Crippen LogP contribution in [0.1, 0.15) is 21.5 Å². The second kappa shape index (κ2) is 11.4. The van der Waals surface area contributed by atoms with Gasteiger partial charge in [-0.3, -0.25) is 19.3 Å². The third-order valence-corrected chi connectivity index (χ3v) is 6.05. The highest BCUT2D eigenvalue weighted by Crippen LogP contribution is 2.18. The van der Waals surface area contributed by atoms with Crippen LogP contribution in [0.15, 0.2) is 78.9 Å². The molecule has 0 unspecified atom stereocenters. The summed E-state index contributed by atoms with van der Waals surface area (Å²) >= 11 is 0. The Bertz CT molecular complexity index is 1170. The summed E-state index contributed by atoms with van der Waals surface area (Å²) in [6.07, 6.45) is 0.391. The number of piperazine rings is 1. The van der Waals surface area contributed by atoms with Crippen molar-refractivity contribution in [2.45, 2.75) is 13.3 Å². The third-order valence-electron chi connectivity index (χ3n) is 6.05. The van der Waals surface area contributed by atoms with Gasteiger partial charge in [0.15, 0.2) is 0 Å². The van der Waals surface area contributed by atoms with Gasteiger partial charge in [0.1, 0.15) is 0 Å². The van der Waals surface area contributed by atoms with Gasteiger partial charge in [-0.05, 0) is 36.8 Å². The summed E-state index contributed by atoms with van der Waals surface area (Å²) in [6, 6.07) is 24.2. The largest absolute Gasteiger partial charge is 0.340 e. The zero-order chi connectivity index (χ0) is 24.6. The first-order valence-electron chi connectivity index (χ1n) is 11.8. The van der Waals surface area contributed by atoms with Crippen LogP contribution in [0.3, 0.4) is 0 Å². The van der Waals surface area contributed by atoms with Crippen molar-refractivity contribution < 1.29 is 14.4 Å². The second-order valence-electron chi connectivity index (χ2n) is 8.73. The molecule has 1 fully saturated rings. The quantitative estimate of drug-likeness (QED) is 0.553. The third kappa shape index (κ3) is 6.77. The van der Waals surface area contributed by atoms with Crippen molar-refractivity contribution in [3.8, 4) is 0 Å². The Morgan fingerprint density at radius 2 is 1.43 bits per heavy atom. The summed E-state index contributed by atoms with van der Waals surface area (Å²) in [5.74, 6) is -0.367. The number of rotatable bonds is 7. The Balaban J connectivity index is 1.27. The van der Waals surface area contributed by atoms with Crippen LogP contribution in [0.4, 0.5) is 11.4 Å². The van der Waals surface area contributed by atoms with Crippen LogP contribution in [0.2, 0.25) is 0 Å². The van der Waals surface area contributed by atoms with Crippen molar-refractivity contribution in [3.63, 3.8) is 0 Å². The van der Waals surface area contributed by atoms with Crippen LogP contribution < -0.4 is 10.6 Å². The molecule has 7 nitrogen and oxygen atoms in total. The topological polar surface area (TPSA) is 81.8 Å². The van der Waals surface area contributed by atoms with E-state index in [4.69, 9.17) is 0 Å². The molecular formula is C28H30N4O3. The standard InChI is InChI=1S/C28H30N4O3/c1-21-11-13-22(14-12-21)19-27(34)32-17-15-31(16-18-32)20-26(33)30-25-10-6-5-9-24(25)28(35)29-23-7-3-2-4-8-23/h2-14H,15-20H2,1H3,(H,29,35)(H,30,33). The highest BCUT2D eigenvalue weighted by molar-refractivity contribution is 6.10. The number of benzene rings is 3. The molecule has 4 rings (SSSR count). The zero-order valence-electron chi connectivity index (χ0n) is 19.9. The molecular weight excluding hydrogens is 440 g/mol. The predicted molar refractivity (Wildman–Crippen MR) is 137 cm³/mol. The van der Waals surface area contributed by atoms with Crippen LogP contribution in [-0.2, 0) is 16.0 Å². The molecule has 0 saturated carbocycles. The first kappa shape index (κ1) is 24.2. The lowest BCUT2D eigenvalue weighted by Gasteiger charge is -2.34. The zero-order valence-corrected chi connectivity index (χ0v) is 19.9. The van der Waals surface area contributed by atoms with E-state index in [2.05, 4.69) is 10.6 Å². The molecule has 1 heterocycles.